The fourth-order valence-electron chi connectivity index (χ4n) is 2.44. The zero-order chi connectivity index (χ0) is 17.8. The van der Waals surface area contributed by atoms with Crippen molar-refractivity contribution < 1.29 is 0 Å². The summed E-state index contributed by atoms with van der Waals surface area (Å²) in [6.45, 7) is 15.8. The summed E-state index contributed by atoms with van der Waals surface area (Å²) in [5, 5.41) is 8.71. The highest BCUT2D eigenvalue weighted by Gasteiger charge is 2.19. The van der Waals surface area contributed by atoms with E-state index in [0.29, 0.717) is 5.92 Å². The average Bonchev–Trinajstić information content (AvgIpc) is 2.88. The number of hydrogen-bond acceptors (Lipinski definition) is 3. The van der Waals surface area contributed by atoms with E-state index >= 15 is 0 Å². The van der Waals surface area contributed by atoms with Crippen LogP contribution in [-0.2, 0) is 6.54 Å². The molecule has 1 aromatic heterocycles. The van der Waals surface area contributed by atoms with Gasteiger partial charge in [0, 0.05) is 12.5 Å². The molecule has 0 bridgehead atoms. The lowest BCUT2D eigenvalue weighted by Gasteiger charge is -2.20. The van der Waals surface area contributed by atoms with Gasteiger partial charge in [0.2, 0.25) is 0 Å². The molecule has 1 rings (SSSR count). The maximum absolute atomic E-state index is 4.42. The number of rotatable bonds is 8. The van der Waals surface area contributed by atoms with Crippen LogP contribution in [0.3, 0.4) is 0 Å². The van der Waals surface area contributed by atoms with E-state index in [9.17, 15) is 0 Å². The van der Waals surface area contributed by atoms with E-state index in [-0.39, 0.29) is 0 Å². The van der Waals surface area contributed by atoms with Crippen molar-refractivity contribution in [3.63, 3.8) is 0 Å². The Bertz CT molecular complexity index is 509. The second-order valence-electron chi connectivity index (χ2n) is 5.54. The standard InChI is InChI=1S/C17H28N4.C2H6/c1-7-10-15(11-8-2)12-21-14(4)18-19-17(21)16(9-3)13-20(5)6;1-2/h7-8,10-11,16H,1,9,12-13H2,2-6H3;1-2H3/b11-8-,15-10+;. The lowest BCUT2D eigenvalue weighted by molar-refractivity contribution is 0.356. The van der Waals surface area contributed by atoms with Crippen LogP contribution in [0.15, 0.2) is 36.5 Å². The average molecular weight is 319 g/mol. The minimum Gasteiger partial charge on any atom is -0.310 e. The predicted molar refractivity (Wildman–Crippen MR) is 101 cm³/mol. The number of allylic oxidation sites excluding steroid dienone is 5. The van der Waals surface area contributed by atoms with Crippen molar-refractivity contribution in [2.45, 2.75) is 53.5 Å². The van der Waals surface area contributed by atoms with Crippen LogP contribution in [0.1, 0.15) is 51.7 Å². The summed E-state index contributed by atoms with van der Waals surface area (Å²) in [5.74, 6) is 2.43. The minimum absolute atomic E-state index is 0.400. The van der Waals surface area contributed by atoms with Gasteiger partial charge in [-0.05, 0) is 39.9 Å². The van der Waals surface area contributed by atoms with Crippen molar-refractivity contribution in [3.05, 3.63) is 48.1 Å². The van der Waals surface area contributed by atoms with Crippen molar-refractivity contribution in [1.82, 2.24) is 19.7 Å². The molecule has 0 amide bonds. The highest BCUT2D eigenvalue weighted by atomic mass is 15.3. The molecule has 23 heavy (non-hydrogen) atoms. The zero-order valence-electron chi connectivity index (χ0n) is 16.0. The van der Waals surface area contributed by atoms with E-state index in [1.807, 2.05) is 45.9 Å². The van der Waals surface area contributed by atoms with Gasteiger partial charge in [0.1, 0.15) is 11.6 Å². The molecule has 1 heterocycles. The number of likely N-dealkylation sites (N-methyl/N-ethyl adjacent to an activating group) is 1. The molecule has 0 saturated carbocycles. The first kappa shape index (κ1) is 21.3. The molecule has 0 N–H and O–H groups in total. The van der Waals surface area contributed by atoms with Gasteiger partial charge in [-0.1, -0.05) is 51.7 Å². The Morgan fingerprint density at radius 3 is 2.43 bits per heavy atom. The summed E-state index contributed by atoms with van der Waals surface area (Å²) in [6, 6.07) is 0. The molecule has 0 spiro atoms. The van der Waals surface area contributed by atoms with E-state index in [2.05, 4.69) is 53.3 Å². The third kappa shape index (κ3) is 6.95. The van der Waals surface area contributed by atoms with Gasteiger partial charge >= 0.3 is 0 Å². The van der Waals surface area contributed by atoms with Gasteiger partial charge in [-0.2, -0.15) is 0 Å². The van der Waals surface area contributed by atoms with E-state index in [1.165, 1.54) is 5.57 Å². The van der Waals surface area contributed by atoms with Crippen LogP contribution in [0, 0.1) is 6.92 Å². The first-order valence-electron chi connectivity index (χ1n) is 8.52. The molecule has 1 aromatic rings. The van der Waals surface area contributed by atoms with Crippen molar-refractivity contribution >= 4 is 0 Å². The quantitative estimate of drug-likeness (QED) is 0.668. The third-order valence-corrected chi connectivity index (χ3v) is 3.46. The maximum Gasteiger partial charge on any atom is 0.137 e. The fraction of sp³-hybridized carbons (Fsp3) is 0.579. The van der Waals surface area contributed by atoms with Crippen LogP contribution < -0.4 is 0 Å². The molecule has 0 radical (unpaired) electrons. The normalized spacial score (nSPS) is 13.1. The highest BCUT2D eigenvalue weighted by Crippen LogP contribution is 2.20. The number of nitrogens with zero attached hydrogens (tertiary/aromatic N) is 4. The number of hydrogen-bond donors (Lipinski definition) is 0. The fourth-order valence-corrected chi connectivity index (χ4v) is 2.44. The van der Waals surface area contributed by atoms with Crippen LogP contribution in [-0.4, -0.2) is 40.3 Å². The van der Waals surface area contributed by atoms with Crippen LogP contribution in [0.5, 0.6) is 0 Å². The van der Waals surface area contributed by atoms with Crippen LogP contribution >= 0.6 is 0 Å². The molecule has 0 aromatic carbocycles. The molecule has 1 unspecified atom stereocenters. The molecule has 1 atom stereocenters. The van der Waals surface area contributed by atoms with Crippen LogP contribution in [0.4, 0.5) is 0 Å². The van der Waals surface area contributed by atoms with Gasteiger partial charge in [0.15, 0.2) is 0 Å². The molecule has 4 heteroatoms. The minimum atomic E-state index is 0.400. The molecule has 130 valence electrons. The Labute approximate surface area is 142 Å². The molecule has 0 aliphatic heterocycles. The summed E-state index contributed by atoms with van der Waals surface area (Å²) in [6.07, 6.45) is 9.08. The summed E-state index contributed by atoms with van der Waals surface area (Å²) >= 11 is 0. The summed E-state index contributed by atoms with van der Waals surface area (Å²) < 4.78 is 2.22. The Hall–Kier alpha value is -1.68. The number of aryl methyl sites for hydroxylation is 1. The molecular formula is C19H34N4. The van der Waals surface area contributed by atoms with Crippen LogP contribution in [0.2, 0.25) is 0 Å². The highest BCUT2D eigenvalue weighted by molar-refractivity contribution is 5.23. The first-order chi connectivity index (χ1) is 11.0. The van der Waals surface area contributed by atoms with Crippen molar-refractivity contribution in [2.75, 3.05) is 20.6 Å². The smallest absolute Gasteiger partial charge is 0.137 e. The maximum atomic E-state index is 4.42. The molecule has 0 fully saturated rings. The van der Waals surface area contributed by atoms with Crippen molar-refractivity contribution in [1.29, 1.82) is 0 Å². The Morgan fingerprint density at radius 1 is 1.30 bits per heavy atom. The lowest BCUT2D eigenvalue weighted by Crippen LogP contribution is -2.23. The third-order valence-electron chi connectivity index (χ3n) is 3.46. The summed E-state index contributed by atoms with van der Waals surface area (Å²) in [5.41, 5.74) is 1.20. The van der Waals surface area contributed by atoms with E-state index in [4.69, 9.17) is 0 Å². The number of aromatic nitrogens is 3. The molecule has 0 saturated heterocycles. The predicted octanol–water partition coefficient (Wildman–Crippen LogP) is 4.36. The van der Waals surface area contributed by atoms with Gasteiger partial charge in [-0.25, -0.2) is 0 Å². The monoisotopic (exact) mass is 318 g/mol. The van der Waals surface area contributed by atoms with Crippen molar-refractivity contribution in [2.24, 2.45) is 0 Å². The van der Waals surface area contributed by atoms with E-state index < -0.39 is 0 Å². The second kappa shape index (κ2) is 11.8. The Morgan fingerprint density at radius 2 is 1.96 bits per heavy atom. The van der Waals surface area contributed by atoms with Gasteiger partial charge in [-0.3, -0.25) is 0 Å². The van der Waals surface area contributed by atoms with E-state index in [1.54, 1.807) is 0 Å². The van der Waals surface area contributed by atoms with Gasteiger partial charge in [0.25, 0.3) is 0 Å². The largest absolute Gasteiger partial charge is 0.310 e. The lowest BCUT2D eigenvalue weighted by atomic mass is 10.0. The summed E-state index contributed by atoms with van der Waals surface area (Å²) in [7, 11) is 4.19. The van der Waals surface area contributed by atoms with Gasteiger partial charge in [-0.15, -0.1) is 10.2 Å². The first-order valence-corrected chi connectivity index (χ1v) is 8.52. The molecule has 4 nitrogen and oxygen atoms in total. The zero-order valence-corrected chi connectivity index (χ0v) is 16.0. The second-order valence-corrected chi connectivity index (χ2v) is 5.54. The SMILES string of the molecule is C=C/C=C(\C=C/C)Cn1c(C)nnc1C(CC)CN(C)C.CC. The van der Waals surface area contributed by atoms with Crippen molar-refractivity contribution in [3.8, 4) is 0 Å². The molecule has 0 aliphatic rings. The van der Waals surface area contributed by atoms with E-state index in [0.717, 1.165) is 31.2 Å². The Kier molecular flexibility index (Phi) is 11.0. The van der Waals surface area contributed by atoms with Gasteiger partial charge in [0.05, 0.1) is 6.54 Å². The topological polar surface area (TPSA) is 34.0 Å². The van der Waals surface area contributed by atoms with Crippen LogP contribution in [0.25, 0.3) is 0 Å². The van der Waals surface area contributed by atoms with Gasteiger partial charge < -0.3 is 9.47 Å². The molecule has 0 aliphatic carbocycles. The summed E-state index contributed by atoms with van der Waals surface area (Å²) in [4.78, 5) is 2.20. The molecular weight excluding hydrogens is 284 g/mol. The Balaban J connectivity index is 0.00000232.